The Morgan fingerprint density at radius 3 is 2.52 bits per heavy atom. The van der Waals surface area contributed by atoms with Crippen LogP contribution < -0.4 is 5.32 Å². The number of halogens is 1. The van der Waals surface area contributed by atoms with Crippen molar-refractivity contribution in [1.29, 1.82) is 0 Å². The smallest absolute Gasteiger partial charge is 0.326 e. The van der Waals surface area contributed by atoms with E-state index in [9.17, 15) is 19.1 Å². The molecular weight excluding hydrogens is 275 g/mol. The van der Waals surface area contributed by atoms with Gasteiger partial charge in [0.05, 0.1) is 5.56 Å². The van der Waals surface area contributed by atoms with Gasteiger partial charge in [0.25, 0.3) is 5.91 Å². The SMILES string of the molecule is O=C(N[C@H](Cc1ccccc1)C(=O)O)c1cccnc1F. The van der Waals surface area contributed by atoms with Crippen LogP contribution in [0.25, 0.3) is 0 Å². The molecule has 6 heteroatoms. The molecule has 1 aromatic heterocycles. The number of carboxylic acid groups (broad SMARTS) is 1. The highest BCUT2D eigenvalue weighted by atomic mass is 19.1. The van der Waals surface area contributed by atoms with Gasteiger partial charge in [-0.2, -0.15) is 4.39 Å². The molecule has 0 spiro atoms. The Balaban J connectivity index is 2.12. The van der Waals surface area contributed by atoms with Gasteiger partial charge in [0.1, 0.15) is 6.04 Å². The highest BCUT2D eigenvalue weighted by molar-refractivity contribution is 5.96. The maximum absolute atomic E-state index is 13.4. The Hall–Kier alpha value is -2.76. The quantitative estimate of drug-likeness (QED) is 0.820. The standard InChI is InChI=1S/C15H13FN2O3/c16-13-11(7-4-8-17-13)14(19)18-12(15(20)21)9-10-5-2-1-3-6-10/h1-8,12H,9H2,(H,18,19)(H,20,21)/t12-/m1/s1. The van der Waals surface area contributed by atoms with E-state index < -0.39 is 23.9 Å². The number of nitrogens with zero attached hydrogens (tertiary/aromatic N) is 1. The first kappa shape index (κ1) is 14.6. The fourth-order valence-corrected chi connectivity index (χ4v) is 1.84. The molecule has 1 aromatic carbocycles. The molecule has 1 atom stereocenters. The van der Waals surface area contributed by atoms with E-state index in [2.05, 4.69) is 10.3 Å². The lowest BCUT2D eigenvalue weighted by atomic mass is 10.1. The number of hydrogen-bond acceptors (Lipinski definition) is 3. The molecule has 1 heterocycles. The van der Waals surface area contributed by atoms with Gasteiger partial charge in [0.2, 0.25) is 5.95 Å². The van der Waals surface area contributed by atoms with Crippen LogP contribution >= 0.6 is 0 Å². The van der Waals surface area contributed by atoms with Crippen molar-refractivity contribution in [3.05, 3.63) is 65.7 Å². The van der Waals surface area contributed by atoms with Crippen LogP contribution in [-0.4, -0.2) is 28.0 Å². The minimum Gasteiger partial charge on any atom is -0.480 e. The first-order chi connectivity index (χ1) is 10.1. The molecule has 108 valence electrons. The van der Waals surface area contributed by atoms with Gasteiger partial charge in [0, 0.05) is 12.6 Å². The third-order valence-corrected chi connectivity index (χ3v) is 2.89. The van der Waals surface area contributed by atoms with E-state index in [1.54, 1.807) is 24.3 Å². The van der Waals surface area contributed by atoms with Crippen LogP contribution in [0.5, 0.6) is 0 Å². The fourth-order valence-electron chi connectivity index (χ4n) is 1.84. The van der Waals surface area contributed by atoms with Crippen molar-refractivity contribution in [2.24, 2.45) is 0 Å². The summed E-state index contributed by atoms with van der Waals surface area (Å²) in [6.07, 6.45) is 1.33. The lowest BCUT2D eigenvalue weighted by Gasteiger charge is -2.14. The maximum Gasteiger partial charge on any atom is 0.326 e. The van der Waals surface area contributed by atoms with Crippen LogP contribution in [0.4, 0.5) is 4.39 Å². The molecule has 0 fully saturated rings. The van der Waals surface area contributed by atoms with Crippen molar-refractivity contribution in [2.45, 2.75) is 12.5 Å². The maximum atomic E-state index is 13.4. The van der Waals surface area contributed by atoms with Gasteiger partial charge < -0.3 is 10.4 Å². The molecule has 2 N–H and O–H groups in total. The number of benzene rings is 1. The topological polar surface area (TPSA) is 79.3 Å². The number of pyridine rings is 1. The van der Waals surface area contributed by atoms with Crippen molar-refractivity contribution in [1.82, 2.24) is 10.3 Å². The average molecular weight is 288 g/mol. The summed E-state index contributed by atoms with van der Waals surface area (Å²) in [5.41, 5.74) is 0.480. The predicted molar refractivity (Wildman–Crippen MR) is 73.2 cm³/mol. The first-order valence-electron chi connectivity index (χ1n) is 6.26. The number of rotatable bonds is 5. The number of aromatic nitrogens is 1. The average Bonchev–Trinajstić information content (AvgIpc) is 2.48. The van der Waals surface area contributed by atoms with E-state index in [-0.39, 0.29) is 12.0 Å². The number of nitrogens with one attached hydrogen (secondary N) is 1. The normalized spacial score (nSPS) is 11.7. The highest BCUT2D eigenvalue weighted by Crippen LogP contribution is 2.07. The summed E-state index contributed by atoms with van der Waals surface area (Å²) >= 11 is 0. The van der Waals surface area contributed by atoms with Gasteiger partial charge in [0.15, 0.2) is 0 Å². The second-order valence-electron chi connectivity index (χ2n) is 4.40. The minimum absolute atomic E-state index is 0.115. The van der Waals surface area contributed by atoms with Gasteiger partial charge in [-0.15, -0.1) is 0 Å². The zero-order valence-corrected chi connectivity index (χ0v) is 11.0. The minimum atomic E-state index is -1.18. The molecule has 5 nitrogen and oxygen atoms in total. The lowest BCUT2D eigenvalue weighted by Crippen LogP contribution is -2.42. The zero-order valence-electron chi connectivity index (χ0n) is 11.0. The van der Waals surface area contributed by atoms with E-state index in [1.165, 1.54) is 18.3 Å². The molecule has 0 aliphatic heterocycles. The van der Waals surface area contributed by atoms with Crippen molar-refractivity contribution in [2.75, 3.05) is 0 Å². The summed E-state index contributed by atoms with van der Waals surface area (Å²) in [5.74, 6) is -2.92. The molecule has 0 unspecified atom stereocenters. The van der Waals surface area contributed by atoms with Gasteiger partial charge in [-0.3, -0.25) is 4.79 Å². The molecule has 0 saturated heterocycles. The van der Waals surface area contributed by atoms with Crippen LogP contribution in [-0.2, 0) is 11.2 Å². The predicted octanol–water partition coefficient (Wildman–Crippen LogP) is 1.65. The zero-order chi connectivity index (χ0) is 15.2. The second kappa shape index (κ2) is 6.60. The third kappa shape index (κ3) is 3.85. The van der Waals surface area contributed by atoms with E-state index in [1.807, 2.05) is 6.07 Å². The lowest BCUT2D eigenvalue weighted by molar-refractivity contribution is -0.139. The van der Waals surface area contributed by atoms with Gasteiger partial charge in [-0.25, -0.2) is 9.78 Å². The molecule has 0 radical (unpaired) electrons. The summed E-state index contributed by atoms with van der Waals surface area (Å²) in [7, 11) is 0. The van der Waals surface area contributed by atoms with Crippen molar-refractivity contribution < 1.29 is 19.1 Å². The Bertz CT molecular complexity index is 646. The summed E-state index contributed by atoms with van der Waals surface area (Å²) in [5, 5.41) is 11.5. The molecule has 0 aliphatic rings. The van der Waals surface area contributed by atoms with Crippen LogP contribution in [0.3, 0.4) is 0 Å². The largest absolute Gasteiger partial charge is 0.480 e. The van der Waals surface area contributed by atoms with Crippen molar-refractivity contribution in [3.63, 3.8) is 0 Å². The van der Waals surface area contributed by atoms with Gasteiger partial charge in [-0.05, 0) is 17.7 Å². The number of carbonyl (C=O) groups is 2. The Morgan fingerprint density at radius 1 is 1.19 bits per heavy atom. The van der Waals surface area contributed by atoms with Crippen molar-refractivity contribution in [3.8, 4) is 0 Å². The molecule has 21 heavy (non-hydrogen) atoms. The molecular formula is C15H13FN2O3. The van der Waals surface area contributed by atoms with Crippen LogP contribution in [0, 0.1) is 5.95 Å². The Morgan fingerprint density at radius 2 is 1.90 bits per heavy atom. The molecule has 0 saturated carbocycles. The number of carbonyl (C=O) groups excluding carboxylic acids is 1. The van der Waals surface area contributed by atoms with Crippen molar-refractivity contribution >= 4 is 11.9 Å². The summed E-state index contributed by atoms with van der Waals surface area (Å²) in [6.45, 7) is 0. The van der Waals surface area contributed by atoms with Crippen LogP contribution in [0.15, 0.2) is 48.7 Å². The van der Waals surface area contributed by atoms with Gasteiger partial charge >= 0.3 is 5.97 Å². The molecule has 1 amide bonds. The van der Waals surface area contributed by atoms with Crippen LogP contribution in [0.2, 0.25) is 0 Å². The van der Waals surface area contributed by atoms with E-state index in [0.29, 0.717) is 0 Å². The Labute approximate surface area is 120 Å². The highest BCUT2D eigenvalue weighted by Gasteiger charge is 2.22. The molecule has 0 aliphatic carbocycles. The molecule has 2 aromatic rings. The number of aliphatic carboxylic acids is 1. The van der Waals surface area contributed by atoms with E-state index in [0.717, 1.165) is 5.56 Å². The summed E-state index contributed by atoms with van der Waals surface area (Å²) in [4.78, 5) is 26.5. The third-order valence-electron chi connectivity index (χ3n) is 2.89. The molecule has 0 bridgehead atoms. The summed E-state index contributed by atoms with van der Waals surface area (Å²) in [6, 6.07) is 10.4. The number of hydrogen-bond donors (Lipinski definition) is 2. The fraction of sp³-hybridized carbons (Fsp3) is 0.133. The van der Waals surface area contributed by atoms with E-state index >= 15 is 0 Å². The molecule has 2 rings (SSSR count). The monoisotopic (exact) mass is 288 g/mol. The number of carboxylic acids is 1. The van der Waals surface area contributed by atoms with Crippen LogP contribution in [0.1, 0.15) is 15.9 Å². The van der Waals surface area contributed by atoms with E-state index in [4.69, 9.17) is 0 Å². The van der Waals surface area contributed by atoms with Gasteiger partial charge in [-0.1, -0.05) is 30.3 Å². The first-order valence-corrected chi connectivity index (χ1v) is 6.26. The second-order valence-corrected chi connectivity index (χ2v) is 4.40. The Kier molecular flexibility index (Phi) is 4.61. The number of amides is 1. The summed E-state index contributed by atoms with van der Waals surface area (Å²) < 4.78 is 13.4.